The minimum Gasteiger partial charge on any atom is -0.444 e. The fourth-order valence-electron chi connectivity index (χ4n) is 5.82. The van der Waals surface area contributed by atoms with Gasteiger partial charge in [-0.05, 0) is 64.5 Å². The summed E-state index contributed by atoms with van der Waals surface area (Å²) in [5.74, 6) is 1.37. The van der Waals surface area contributed by atoms with Crippen molar-refractivity contribution >= 4 is 37.2 Å². The van der Waals surface area contributed by atoms with Crippen LogP contribution in [0.25, 0.3) is 22.3 Å². The third kappa shape index (κ3) is 7.41. The molecule has 3 aromatic rings. The Morgan fingerprint density at radius 3 is 2.51 bits per heavy atom. The smallest absolute Gasteiger partial charge is 0.410 e. The zero-order valence-corrected chi connectivity index (χ0v) is 27.6. The van der Waals surface area contributed by atoms with Crippen LogP contribution in [0.2, 0.25) is 25.7 Å². The summed E-state index contributed by atoms with van der Waals surface area (Å²) < 4.78 is 13.4. The first-order valence-corrected chi connectivity index (χ1v) is 18.9. The summed E-state index contributed by atoms with van der Waals surface area (Å²) >= 11 is 0. The number of carbonyl (C=O) groups excluding carboxylic acids is 2. The fourth-order valence-corrected chi connectivity index (χ4v) is 6.57. The summed E-state index contributed by atoms with van der Waals surface area (Å²) in [6.07, 6.45) is 6.94. The van der Waals surface area contributed by atoms with Crippen LogP contribution in [0.5, 0.6) is 0 Å². The van der Waals surface area contributed by atoms with Gasteiger partial charge in [0.1, 0.15) is 23.8 Å². The summed E-state index contributed by atoms with van der Waals surface area (Å²) in [6, 6.07) is 2.87. The molecule has 5 heterocycles. The molecule has 232 valence electrons. The van der Waals surface area contributed by atoms with E-state index in [1.54, 1.807) is 16.9 Å². The minimum absolute atomic E-state index is 0.0712. The van der Waals surface area contributed by atoms with Gasteiger partial charge in [-0.1, -0.05) is 19.6 Å². The molecule has 0 unspecified atom stereocenters. The van der Waals surface area contributed by atoms with Gasteiger partial charge in [0.25, 0.3) is 0 Å². The highest BCUT2D eigenvalue weighted by Gasteiger charge is 2.43. The molecular weight excluding hydrogens is 562 g/mol. The predicted octanol–water partition coefficient (Wildman–Crippen LogP) is 5.55. The molecule has 2 aliphatic heterocycles. The van der Waals surface area contributed by atoms with Crippen molar-refractivity contribution in [3.8, 4) is 11.4 Å². The Balaban J connectivity index is 1.36. The van der Waals surface area contributed by atoms with Crippen molar-refractivity contribution in [2.24, 2.45) is 5.41 Å². The number of amides is 1. The van der Waals surface area contributed by atoms with Crippen LogP contribution in [0.3, 0.4) is 0 Å². The van der Waals surface area contributed by atoms with Gasteiger partial charge < -0.3 is 19.3 Å². The monoisotopic (exact) mass is 607 g/mol. The standard InChI is InChI=1S/C31H45N7O4Si/c1-22-25(18-38(35-22)21-41-14-15-43(5,6)7)27-33-26-17-32-23(19-39)16-24(26)28(34-27)36-11-8-31(9-12-36)10-13-37(20-31)29(40)42-30(2,3)4/h16-19H,8-15,20-21H2,1-7H3. The van der Waals surface area contributed by atoms with Gasteiger partial charge in [-0.25, -0.2) is 19.4 Å². The Kier molecular flexibility index (Phi) is 8.63. The van der Waals surface area contributed by atoms with Crippen molar-refractivity contribution in [1.82, 2.24) is 29.6 Å². The molecule has 0 aliphatic carbocycles. The first kappa shape index (κ1) is 31.1. The number of hydrogen-bond donors (Lipinski definition) is 0. The molecule has 0 saturated carbocycles. The highest BCUT2D eigenvalue weighted by Crippen LogP contribution is 2.42. The third-order valence-electron chi connectivity index (χ3n) is 8.32. The Bertz CT molecular complexity index is 1490. The molecule has 0 aromatic carbocycles. The van der Waals surface area contributed by atoms with Crippen LogP contribution in [0, 0.1) is 12.3 Å². The largest absolute Gasteiger partial charge is 0.444 e. The number of nitrogens with zero attached hydrogens (tertiary/aromatic N) is 7. The van der Waals surface area contributed by atoms with Crippen molar-refractivity contribution in [3.63, 3.8) is 0 Å². The minimum atomic E-state index is -1.17. The first-order valence-electron chi connectivity index (χ1n) is 15.2. The number of hydrogen-bond acceptors (Lipinski definition) is 9. The van der Waals surface area contributed by atoms with Gasteiger partial charge >= 0.3 is 6.09 Å². The van der Waals surface area contributed by atoms with E-state index in [1.807, 2.05) is 38.8 Å². The van der Waals surface area contributed by atoms with E-state index >= 15 is 0 Å². The second kappa shape index (κ2) is 12.0. The maximum Gasteiger partial charge on any atom is 0.410 e. The number of piperidine rings is 1. The van der Waals surface area contributed by atoms with Crippen molar-refractivity contribution in [1.29, 1.82) is 0 Å². The quantitative estimate of drug-likeness (QED) is 0.185. The number of aryl methyl sites for hydroxylation is 1. The second-order valence-electron chi connectivity index (χ2n) is 14.3. The van der Waals surface area contributed by atoms with E-state index in [-0.39, 0.29) is 11.5 Å². The topological polar surface area (TPSA) is 116 Å². The summed E-state index contributed by atoms with van der Waals surface area (Å²) in [7, 11) is -1.17. The molecule has 0 bridgehead atoms. The molecule has 1 spiro atoms. The average molecular weight is 608 g/mol. The van der Waals surface area contributed by atoms with Crippen LogP contribution in [0.4, 0.5) is 10.6 Å². The number of carbonyl (C=O) groups is 2. The molecule has 0 radical (unpaired) electrons. The van der Waals surface area contributed by atoms with Gasteiger partial charge in [0.15, 0.2) is 12.1 Å². The Labute approximate surface area is 255 Å². The van der Waals surface area contributed by atoms with E-state index in [9.17, 15) is 9.59 Å². The number of aromatic nitrogens is 5. The summed E-state index contributed by atoms with van der Waals surface area (Å²) in [5, 5.41) is 5.47. The SMILES string of the molecule is Cc1nn(COCC[Si](C)(C)C)cc1-c1nc(N2CCC3(CCN(C(=O)OC(C)(C)C)C3)CC2)c2cc(C=O)ncc2n1. The fraction of sp³-hybridized carbons (Fsp3) is 0.613. The lowest BCUT2D eigenvalue weighted by atomic mass is 9.78. The van der Waals surface area contributed by atoms with Crippen LogP contribution in [0.15, 0.2) is 18.5 Å². The maximum absolute atomic E-state index is 12.7. The van der Waals surface area contributed by atoms with Crippen LogP contribution in [0.1, 0.15) is 56.2 Å². The third-order valence-corrected chi connectivity index (χ3v) is 10.0. The van der Waals surface area contributed by atoms with Crippen molar-refractivity contribution in [3.05, 3.63) is 29.8 Å². The van der Waals surface area contributed by atoms with Gasteiger partial charge in [-0.3, -0.25) is 9.78 Å². The van der Waals surface area contributed by atoms with Crippen molar-refractivity contribution in [2.45, 2.75) is 85.0 Å². The molecule has 2 aliphatic rings. The summed E-state index contributed by atoms with van der Waals surface area (Å²) in [4.78, 5) is 42.7. The molecule has 2 fully saturated rings. The molecule has 2 saturated heterocycles. The van der Waals surface area contributed by atoms with E-state index in [1.165, 1.54) is 0 Å². The molecule has 0 N–H and O–H groups in total. The van der Waals surface area contributed by atoms with Crippen LogP contribution in [-0.4, -0.2) is 88.5 Å². The normalized spacial score (nSPS) is 17.2. The molecule has 1 amide bonds. The Morgan fingerprint density at radius 1 is 1.12 bits per heavy atom. The second-order valence-corrected chi connectivity index (χ2v) is 19.9. The van der Waals surface area contributed by atoms with E-state index in [0.29, 0.717) is 30.3 Å². The van der Waals surface area contributed by atoms with Gasteiger partial charge in [-0.15, -0.1) is 0 Å². The van der Waals surface area contributed by atoms with Crippen molar-refractivity contribution < 1.29 is 19.1 Å². The molecule has 0 atom stereocenters. The Morgan fingerprint density at radius 2 is 1.84 bits per heavy atom. The molecule has 5 rings (SSSR count). The highest BCUT2D eigenvalue weighted by atomic mass is 28.3. The molecule has 3 aromatic heterocycles. The van der Waals surface area contributed by atoms with Gasteiger partial charge in [-0.2, -0.15) is 5.10 Å². The number of rotatable bonds is 8. The molecule has 43 heavy (non-hydrogen) atoms. The van der Waals surface area contributed by atoms with E-state index in [2.05, 4.69) is 34.6 Å². The van der Waals surface area contributed by atoms with Gasteiger partial charge in [0.2, 0.25) is 0 Å². The highest BCUT2D eigenvalue weighted by molar-refractivity contribution is 6.76. The maximum atomic E-state index is 12.7. The van der Waals surface area contributed by atoms with E-state index in [0.717, 1.165) is 80.3 Å². The predicted molar refractivity (Wildman–Crippen MR) is 169 cm³/mol. The Hall–Kier alpha value is -3.38. The molecule has 12 heteroatoms. The molecule has 11 nitrogen and oxygen atoms in total. The van der Waals surface area contributed by atoms with Crippen LogP contribution in [-0.2, 0) is 16.2 Å². The summed E-state index contributed by atoms with van der Waals surface area (Å²) in [6.45, 7) is 18.8. The lowest BCUT2D eigenvalue weighted by Crippen LogP contribution is -2.43. The lowest BCUT2D eigenvalue weighted by Gasteiger charge is -2.40. The van der Waals surface area contributed by atoms with Crippen molar-refractivity contribution in [2.75, 3.05) is 37.7 Å². The van der Waals surface area contributed by atoms with E-state index < -0.39 is 13.7 Å². The number of ether oxygens (including phenoxy) is 2. The number of pyridine rings is 1. The van der Waals surface area contributed by atoms with E-state index in [4.69, 9.17) is 19.4 Å². The average Bonchev–Trinajstić information content (AvgIpc) is 3.52. The molecular formula is C31H45N7O4Si. The van der Waals surface area contributed by atoms with Crippen LogP contribution < -0.4 is 4.90 Å². The van der Waals surface area contributed by atoms with Crippen LogP contribution >= 0.6 is 0 Å². The first-order chi connectivity index (χ1) is 20.2. The number of aldehydes is 1. The zero-order chi connectivity index (χ0) is 31.0. The van der Waals surface area contributed by atoms with Gasteiger partial charge in [0, 0.05) is 52.4 Å². The zero-order valence-electron chi connectivity index (χ0n) is 26.6. The lowest BCUT2D eigenvalue weighted by molar-refractivity contribution is 0.0266. The number of anilines is 1. The number of fused-ring (bicyclic) bond motifs is 1. The van der Waals surface area contributed by atoms with Gasteiger partial charge in [0.05, 0.1) is 23.0 Å². The number of likely N-dealkylation sites (tertiary alicyclic amines) is 1. The summed E-state index contributed by atoms with van der Waals surface area (Å²) in [5.41, 5.74) is 2.26.